The molecule has 1 aromatic carbocycles. The van der Waals surface area contributed by atoms with Crippen LogP contribution in [0.2, 0.25) is 10.0 Å². The van der Waals surface area contributed by atoms with Crippen LogP contribution in [0, 0.1) is 12.8 Å². The molecular weight excluding hydrogens is 551 g/mol. The second-order valence-electron chi connectivity index (χ2n) is 10.3. The predicted octanol–water partition coefficient (Wildman–Crippen LogP) is 5.13. The van der Waals surface area contributed by atoms with Gasteiger partial charge in [0.15, 0.2) is 0 Å². The van der Waals surface area contributed by atoms with Crippen LogP contribution in [0.25, 0.3) is 11.3 Å². The monoisotopic (exact) mass is 584 g/mol. The first kappa shape index (κ1) is 28.5. The van der Waals surface area contributed by atoms with Crippen molar-refractivity contribution < 1.29 is 14.3 Å². The van der Waals surface area contributed by atoms with Crippen molar-refractivity contribution >= 4 is 35.0 Å². The molecule has 0 bridgehead atoms. The number of hydrogen-bond acceptors (Lipinski definition) is 9. The zero-order chi connectivity index (χ0) is 28.1. The minimum Gasteiger partial charge on any atom is -0.469 e. The van der Waals surface area contributed by atoms with E-state index >= 15 is 0 Å². The summed E-state index contributed by atoms with van der Waals surface area (Å²) in [7, 11) is 1.44. The number of nitrogens with zero attached hydrogens (tertiary/aromatic N) is 5. The number of piperidine rings is 1. The number of esters is 1. The first-order valence-electron chi connectivity index (χ1n) is 13.6. The van der Waals surface area contributed by atoms with Crippen molar-refractivity contribution in [3.63, 3.8) is 0 Å². The van der Waals surface area contributed by atoms with Crippen LogP contribution in [0.4, 0.5) is 5.82 Å². The highest BCUT2D eigenvalue weighted by Crippen LogP contribution is 2.33. The molecule has 0 spiro atoms. The average molecular weight is 586 g/mol. The third-order valence-electron chi connectivity index (χ3n) is 7.53. The fourth-order valence-corrected chi connectivity index (χ4v) is 5.70. The van der Waals surface area contributed by atoms with Gasteiger partial charge in [0.2, 0.25) is 11.8 Å². The highest BCUT2D eigenvalue weighted by Gasteiger charge is 2.23. The molecule has 2 aromatic heterocycles. The van der Waals surface area contributed by atoms with Gasteiger partial charge in [-0.2, -0.15) is 0 Å². The zero-order valence-electron chi connectivity index (χ0n) is 22.8. The lowest BCUT2D eigenvalue weighted by Crippen LogP contribution is -2.43. The van der Waals surface area contributed by atoms with Crippen molar-refractivity contribution in [2.75, 3.05) is 51.3 Å². The Morgan fingerprint density at radius 2 is 1.75 bits per heavy atom. The van der Waals surface area contributed by atoms with Crippen LogP contribution in [0.15, 0.2) is 36.7 Å². The number of pyridine rings is 1. The van der Waals surface area contributed by atoms with Crippen molar-refractivity contribution in [3.05, 3.63) is 57.8 Å². The van der Waals surface area contributed by atoms with Gasteiger partial charge >= 0.3 is 5.97 Å². The number of carbonyl (C=O) groups is 1. The molecular formula is C29H34Cl2N6O3. The van der Waals surface area contributed by atoms with E-state index in [0.29, 0.717) is 39.8 Å². The van der Waals surface area contributed by atoms with Gasteiger partial charge in [0.1, 0.15) is 5.82 Å². The maximum atomic E-state index is 11.7. The Balaban J connectivity index is 1.38. The fraction of sp³-hybridized carbons (Fsp3) is 0.448. The van der Waals surface area contributed by atoms with E-state index in [1.165, 1.54) is 7.11 Å². The van der Waals surface area contributed by atoms with Crippen LogP contribution in [0.1, 0.15) is 30.4 Å². The van der Waals surface area contributed by atoms with Crippen LogP contribution in [-0.4, -0.2) is 72.2 Å². The van der Waals surface area contributed by atoms with Gasteiger partial charge in [0, 0.05) is 60.3 Å². The van der Waals surface area contributed by atoms with Crippen molar-refractivity contribution in [1.82, 2.24) is 25.2 Å². The highest BCUT2D eigenvalue weighted by atomic mass is 35.5. The zero-order valence-corrected chi connectivity index (χ0v) is 24.3. The van der Waals surface area contributed by atoms with Gasteiger partial charge in [0.05, 0.1) is 25.2 Å². The summed E-state index contributed by atoms with van der Waals surface area (Å²) in [5.74, 6) is 1.89. The van der Waals surface area contributed by atoms with Crippen molar-refractivity contribution in [1.29, 1.82) is 0 Å². The smallest absolute Gasteiger partial charge is 0.305 e. The molecule has 5 rings (SSSR count). The maximum absolute atomic E-state index is 11.7. The molecule has 212 valence electrons. The lowest BCUT2D eigenvalue weighted by atomic mass is 9.93. The Labute approximate surface area is 244 Å². The number of rotatable bonds is 8. The second kappa shape index (κ2) is 13.1. The van der Waals surface area contributed by atoms with E-state index in [-0.39, 0.29) is 5.97 Å². The first-order valence-corrected chi connectivity index (χ1v) is 14.3. The minimum absolute atomic E-state index is 0.140. The maximum Gasteiger partial charge on any atom is 0.305 e. The number of anilines is 1. The molecule has 9 nitrogen and oxygen atoms in total. The van der Waals surface area contributed by atoms with Gasteiger partial charge in [-0.3, -0.25) is 9.69 Å². The Morgan fingerprint density at radius 3 is 2.40 bits per heavy atom. The van der Waals surface area contributed by atoms with E-state index < -0.39 is 0 Å². The molecule has 40 heavy (non-hydrogen) atoms. The van der Waals surface area contributed by atoms with Crippen LogP contribution >= 0.6 is 23.2 Å². The molecule has 0 aliphatic carbocycles. The third kappa shape index (κ3) is 7.20. The number of methoxy groups -OCH3 is 1. The minimum atomic E-state index is -0.140. The number of ether oxygens (including phenoxy) is 2. The molecule has 2 aliphatic heterocycles. The molecule has 2 fully saturated rings. The van der Waals surface area contributed by atoms with Gasteiger partial charge in [-0.1, -0.05) is 23.2 Å². The molecule has 11 heteroatoms. The van der Waals surface area contributed by atoms with Gasteiger partial charge in [0.25, 0.3) is 0 Å². The van der Waals surface area contributed by atoms with Gasteiger partial charge in [-0.15, -0.1) is 0 Å². The molecule has 2 saturated heterocycles. The summed E-state index contributed by atoms with van der Waals surface area (Å²) in [6, 6.07) is 7.47. The molecule has 0 radical (unpaired) electrons. The van der Waals surface area contributed by atoms with Gasteiger partial charge in [-0.05, 0) is 68.6 Å². The molecule has 3 aromatic rings. The summed E-state index contributed by atoms with van der Waals surface area (Å²) in [5.41, 5.74) is 3.54. The summed E-state index contributed by atoms with van der Waals surface area (Å²) in [5, 5.41) is 4.42. The number of hydrogen-bond donors (Lipinski definition) is 1. The van der Waals surface area contributed by atoms with E-state index in [1.54, 1.807) is 18.5 Å². The number of benzene rings is 1. The molecule has 4 heterocycles. The van der Waals surface area contributed by atoms with Crippen molar-refractivity contribution in [3.8, 4) is 23.0 Å². The largest absolute Gasteiger partial charge is 0.469 e. The molecule has 0 unspecified atom stereocenters. The number of nitrogens with one attached hydrogen (secondary N) is 1. The first-order chi connectivity index (χ1) is 19.4. The van der Waals surface area contributed by atoms with Crippen LogP contribution in [-0.2, 0) is 16.1 Å². The Bertz CT molecular complexity index is 1310. The van der Waals surface area contributed by atoms with Crippen LogP contribution in [0.3, 0.4) is 0 Å². The number of likely N-dealkylation sites (tertiary alicyclic amines) is 1. The number of carbonyl (C=O) groups excluding carboxylic acids is 1. The van der Waals surface area contributed by atoms with Crippen molar-refractivity contribution in [2.45, 2.75) is 32.7 Å². The normalized spacial score (nSPS) is 16.6. The molecule has 0 atom stereocenters. The molecule has 0 saturated carbocycles. The number of aromatic nitrogens is 3. The highest BCUT2D eigenvalue weighted by molar-refractivity contribution is 6.35. The molecule has 1 N–H and O–H groups in total. The van der Waals surface area contributed by atoms with E-state index in [0.717, 1.165) is 81.2 Å². The fourth-order valence-electron chi connectivity index (χ4n) is 5.18. The number of halogens is 2. The SMILES string of the molecule is COC(=O)CC1CCN(Cc2cc(-c3cc(Cl)cc(Cl)c3)nc(Oc3cnc(N4CCNCC4)cn3)c2C)CC1. The summed E-state index contributed by atoms with van der Waals surface area (Å²) in [4.78, 5) is 30.3. The summed E-state index contributed by atoms with van der Waals surface area (Å²) < 4.78 is 11.1. The van der Waals surface area contributed by atoms with Crippen LogP contribution < -0.4 is 15.0 Å². The molecule has 2 aliphatic rings. The van der Waals surface area contributed by atoms with E-state index in [2.05, 4.69) is 31.2 Å². The second-order valence-corrected chi connectivity index (χ2v) is 11.2. The lowest BCUT2D eigenvalue weighted by Gasteiger charge is -2.32. The van der Waals surface area contributed by atoms with E-state index in [4.69, 9.17) is 37.7 Å². The Hall–Kier alpha value is -2.98. The standard InChI is InChI=1S/C29H34Cl2N6O3/c1-19-22(18-36-7-3-20(4-8-36)11-28(38)39-2)14-25(21-12-23(30)15-24(31)13-21)35-29(19)40-27-17-33-26(16-34-27)37-9-5-32-6-10-37/h12-17,20,32H,3-11,18H2,1-2H3. The van der Waals surface area contributed by atoms with E-state index in [9.17, 15) is 4.79 Å². The quantitative estimate of drug-likeness (QED) is 0.361. The van der Waals surface area contributed by atoms with E-state index in [1.807, 2.05) is 19.1 Å². The number of piperazine rings is 1. The topological polar surface area (TPSA) is 92.7 Å². The average Bonchev–Trinajstić information content (AvgIpc) is 2.96. The summed E-state index contributed by atoms with van der Waals surface area (Å²) >= 11 is 12.6. The summed E-state index contributed by atoms with van der Waals surface area (Å²) in [6.45, 7) is 8.17. The third-order valence-corrected chi connectivity index (χ3v) is 7.97. The van der Waals surface area contributed by atoms with Gasteiger partial charge < -0.3 is 19.7 Å². The Kier molecular flexibility index (Phi) is 9.36. The summed E-state index contributed by atoms with van der Waals surface area (Å²) in [6.07, 6.45) is 5.77. The molecule has 0 amide bonds. The van der Waals surface area contributed by atoms with Crippen LogP contribution in [0.5, 0.6) is 11.8 Å². The lowest BCUT2D eigenvalue weighted by molar-refractivity contribution is -0.142. The van der Waals surface area contributed by atoms with Crippen molar-refractivity contribution in [2.24, 2.45) is 5.92 Å². The Morgan fingerprint density at radius 1 is 1.02 bits per heavy atom. The predicted molar refractivity (Wildman–Crippen MR) is 156 cm³/mol. The van der Waals surface area contributed by atoms with Gasteiger partial charge in [-0.25, -0.2) is 15.0 Å².